The van der Waals surface area contributed by atoms with Gasteiger partial charge < -0.3 is 15.8 Å². The van der Waals surface area contributed by atoms with E-state index in [-0.39, 0.29) is 6.04 Å². The number of ether oxygens (including phenoxy) is 1. The summed E-state index contributed by atoms with van der Waals surface area (Å²) in [6.45, 7) is 2.20. The number of amides is 1. The normalized spacial score (nSPS) is 11.9. The van der Waals surface area contributed by atoms with E-state index in [0.717, 1.165) is 0 Å². The van der Waals surface area contributed by atoms with E-state index in [1.165, 1.54) is 0 Å². The van der Waals surface area contributed by atoms with E-state index >= 15 is 0 Å². The molecule has 4 heteroatoms. The van der Waals surface area contributed by atoms with E-state index in [9.17, 15) is 4.79 Å². The average Bonchev–Trinajstić information content (AvgIpc) is 2.19. The Hall–Kier alpha value is -1.55. The van der Waals surface area contributed by atoms with E-state index < -0.39 is 6.09 Å². The second-order valence-corrected chi connectivity index (χ2v) is 2.98. The van der Waals surface area contributed by atoms with Crippen LogP contribution in [0.15, 0.2) is 30.3 Å². The molecule has 0 aromatic heterocycles. The quantitative estimate of drug-likeness (QED) is 0.757. The van der Waals surface area contributed by atoms with E-state index in [1.54, 1.807) is 24.3 Å². The van der Waals surface area contributed by atoms with Crippen LogP contribution in [0.5, 0.6) is 5.75 Å². The average molecular weight is 194 g/mol. The molecule has 0 unspecified atom stereocenters. The minimum absolute atomic E-state index is 0.0776. The number of carbonyl (C=O) groups excluding carboxylic acids is 1. The number of hydrogen-bond acceptors (Lipinski definition) is 3. The summed E-state index contributed by atoms with van der Waals surface area (Å²) in [5.74, 6) is 0.522. The largest absolute Gasteiger partial charge is 0.412 e. The van der Waals surface area contributed by atoms with Crippen molar-refractivity contribution in [2.75, 3.05) is 6.54 Å². The van der Waals surface area contributed by atoms with Crippen LogP contribution in [0.4, 0.5) is 4.79 Å². The van der Waals surface area contributed by atoms with E-state index in [0.29, 0.717) is 12.3 Å². The molecule has 0 aliphatic heterocycles. The topological polar surface area (TPSA) is 64.3 Å². The summed E-state index contributed by atoms with van der Waals surface area (Å²) in [7, 11) is 0. The van der Waals surface area contributed by atoms with Crippen molar-refractivity contribution in [1.82, 2.24) is 5.32 Å². The van der Waals surface area contributed by atoms with Crippen molar-refractivity contribution in [1.29, 1.82) is 0 Å². The predicted octanol–water partition coefficient (Wildman–Crippen LogP) is 1.12. The Kier molecular flexibility index (Phi) is 3.94. The van der Waals surface area contributed by atoms with E-state index in [2.05, 4.69) is 5.32 Å². The van der Waals surface area contributed by atoms with Gasteiger partial charge in [-0.15, -0.1) is 0 Å². The SMILES string of the molecule is C[C@H](CN)NC(=O)Oc1ccccc1. The first-order chi connectivity index (χ1) is 6.72. The van der Waals surface area contributed by atoms with Crippen LogP contribution in [0.3, 0.4) is 0 Å². The van der Waals surface area contributed by atoms with Gasteiger partial charge in [0.1, 0.15) is 5.75 Å². The van der Waals surface area contributed by atoms with Gasteiger partial charge in [0.2, 0.25) is 0 Å². The number of rotatable bonds is 3. The van der Waals surface area contributed by atoms with E-state index in [4.69, 9.17) is 10.5 Å². The summed E-state index contributed by atoms with van der Waals surface area (Å²) >= 11 is 0. The summed E-state index contributed by atoms with van der Waals surface area (Å²) < 4.78 is 4.98. The molecule has 14 heavy (non-hydrogen) atoms. The third kappa shape index (κ3) is 3.45. The lowest BCUT2D eigenvalue weighted by Gasteiger charge is -2.10. The molecule has 0 fully saturated rings. The van der Waals surface area contributed by atoms with E-state index in [1.807, 2.05) is 13.0 Å². The lowest BCUT2D eigenvalue weighted by molar-refractivity contribution is 0.197. The summed E-state index contributed by atoms with van der Waals surface area (Å²) in [6, 6.07) is 8.81. The zero-order valence-corrected chi connectivity index (χ0v) is 8.07. The van der Waals surface area contributed by atoms with Crippen LogP contribution in [-0.2, 0) is 0 Å². The van der Waals surface area contributed by atoms with Crippen molar-refractivity contribution in [3.8, 4) is 5.75 Å². The monoisotopic (exact) mass is 194 g/mol. The molecular formula is C10H14N2O2. The lowest BCUT2D eigenvalue weighted by atomic mass is 10.3. The summed E-state index contributed by atoms with van der Waals surface area (Å²) in [6.07, 6.45) is -0.478. The number of nitrogens with one attached hydrogen (secondary N) is 1. The van der Waals surface area contributed by atoms with Gasteiger partial charge in [0, 0.05) is 12.6 Å². The van der Waals surface area contributed by atoms with Gasteiger partial charge >= 0.3 is 6.09 Å². The maximum Gasteiger partial charge on any atom is 0.412 e. The Balaban J connectivity index is 2.42. The number of nitrogens with two attached hydrogens (primary N) is 1. The fourth-order valence-corrected chi connectivity index (χ4v) is 0.885. The smallest absolute Gasteiger partial charge is 0.410 e. The van der Waals surface area contributed by atoms with Gasteiger partial charge in [0.25, 0.3) is 0 Å². The Morgan fingerprint density at radius 3 is 2.71 bits per heavy atom. The van der Waals surface area contributed by atoms with Crippen molar-refractivity contribution >= 4 is 6.09 Å². The second-order valence-electron chi connectivity index (χ2n) is 2.98. The van der Waals surface area contributed by atoms with Gasteiger partial charge in [-0.2, -0.15) is 0 Å². The van der Waals surface area contributed by atoms with Crippen LogP contribution < -0.4 is 15.8 Å². The molecule has 0 spiro atoms. The lowest BCUT2D eigenvalue weighted by Crippen LogP contribution is -2.39. The van der Waals surface area contributed by atoms with Crippen LogP contribution in [0.1, 0.15) is 6.92 Å². The standard InChI is InChI=1S/C10H14N2O2/c1-8(7-11)12-10(13)14-9-5-3-2-4-6-9/h2-6,8H,7,11H2,1H3,(H,12,13)/t8-/m1/s1. The Bertz CT molecular complexity index is 287. The molecule has 4 nitrogen and oxygen atoms in total. The van der Waals surface area contributed by atoms with Crippen molar-refractivity contribution in [2.45, 2.75) is 13.0 Å². The highest BCUT2D eigenvalue weighted by Crippen LogP contribution is 2.07. The molecule has 0 aliphatic rings. The first-order valence-corrected chi connectivity index (χ1v) is 4.46. The van der Waals surface area contributed by atoms with Crippen molar-refractivity contribution < 1.29 is 9.53 Å². The molecule has 0 radical (unpaired) electrons. The van der Waals surface area contributed by atoms with Crippen LogP contribution in [0.2, 0.25) is 0 Å². The van der Waals surface area contributed by atoms with Gasteiger partial charge in [-0.3, -0.25) is 0 Å². The van der Waals surface area contributed by atoms with Gasteiger partial charge in [0.15, 0.2) is 0 Å². The van der Waals surface area contributed by atoms with Crippen LogP contribution >= 0.6 is 0 Å². The molecule has 3 N–H and O–H groups in total. The molecule has 0 aliphatic carbocycles. The molecule has 1 aromatic rings. The van der Waals surface area contributed by atoms with Crippen LogP contribution in [0.25, 0.3) is 0 Å². The maximum absolute atomic E-state index is 11.2. The maximum atomic E-state index is 11.2. The first kappa shape index (κ1) is 10.5. The molecule has 1 aromatic carbocycles. The Morgan fingerprint density at radius 1 is 1.50 bits per heavy atom. The molecule has 0 heterocycles. The highest BCUT2D eigenvalue weighted by molar-refractivity contribution is 5.70. The molecule has 0 bridgehead atoms. The molecule has 0 saturated heterocycles. The van der Waals surface area contributed by atoms with Crippen LogP contribution in [-0.4, -0.2) is 18.7 Å². The van der Waals surface area contributed by atoms with Gasteiger partial charge in [-0.25, -0.2) is 4.79 Å². The molecule has 0 saturated carbocycles. The fraction of sp³-hybridized carbons (Fsp3) is 0.300. The van der Waals surface area contributed by atoms with Crippen LogP contribution in [0, 0.1) is 0 Å². The highest BCUT2D eigenvalue weighted by Gasteiger charge is 2.06. The fourth-order valence-electron chi connectivity index (χ4n) is 0.885. The predicted molar refractivity (Wildman–Crippen MR) is 54.1 cm³/mol. The molecule has 1 atom stereocenters. The zero-order valence-electron chi connectivity index (χ0n) is 8.07. The summed E-state index contributed by atoms with van der Waals surface area (Å²) in [5, 5.41) is 2.59. The molecule has 1 rings (SSSR count). The summed E-state index contributed by atoms with van der Waals surface area (Å²) in [5.41, 5.74) is 5.34. The third-order valence-corrected chi connectivity index (χ3v) is 1.67. The zero-order chi connectivity index (χ0) is 10.4. The van der Waals surface area contributed by atoms with Crippen molar-refractivity contribution in [2.24, 2.45) is 5.73 Å². The van der Waals surface area contributed by atoms with Crippen molar-refractivity contribution in [3.63, 3.8) is 0 Å². The number of para-hydroxylation sites is 1. The third-order valence-electron chi connectivity index (χ3n) is 1.67. The second kappa shape index (κ2) is 5.24. The molecule has 76 valence electrons. The molecule has 1 amide bonds. The van der Waals surface area contributed by atoms with Gasteiger partial charge in [0.05, 0.1) is 0 Å². The first-order valence-electron chi connectivity index (χ1n) is 4.46. The Labute approximate surface area is 83.1 Å². The Morgan fingerprint density at radius 2 is 2.14 bits per heavy atom. The highest BCUT2D eigenvalue weighted by atomic mass is 16.6. The number of carbonyl (C=O) groups is 1. The van der Waals surface area contributed by atoms with Crippen molar-refractivity contribution in [3.05, 3.63) is 30.3 Å². The number of hydrogen-bond donors (Lipinski definition) is 2. The van der Waals surface area contributed by atoms with Gasteiger partial charge in [-0.05, 0) is 19.1 Å². The van der Waals surface area contributed by atoms with Gasteiger partial charge in [-0.1, -0.05) is 18.2 Å². The summed E-state index contributed by atoms with van der Waals surface area (Å²) in [4.78, 5) is 11.2. The minimum atomic E-state index is -0.478. The molecular weight excluding hydrogens is 180 g/mol. The number of benzene rings is 1. The minimum Gasteiger partial charge on any atom is -0.410 e.